The lowest BCUT2D eigenvalue weighted by atomic mass is 9.86. The molecule has 0 N–H and O–H groups in total. The fourth-order valence-electron chi connectivity index (χ4n) is 10.9. The lowest BCUT2D eigenvalue weighted by Crippen LogP contribution is -2.48. The fourth-order valence-corrected chi connectivity index (χ4v) is 10.9. The maximum absolute atomic E-state index is 5.20. The Labute approximate surface area is 507 Å². The molecule has 0 atom stereocenters. The van der Waals surface area contributed by atoms with E-state index in [-0.39, 0.29) is 21.7 Å². The lowest BCUT2D eigenvalue weighted by Gasteiger charge is -2.31. The van der Waals surface area contributed by atoms with Crippen LogP contribution in [-0.4, -0.2) is 40.3 Å². The van der Waals surface area contributed by atoms with Gasteiger partial charge in [0, 0.05) is 67.9 Å². The molecule has 3 aliphatic rings. The summed E-state index contributed by atoms with van der Waals surface area (Å²) in [6.07, 6.45) is 0. The average Bonchev–Trinajstić information content (AvgIpc) is 2.78. The number of hydrogen-bond donors (Lipinski definition) is 0. The Morgan fingerprint density at radius 2 is 0.407 bits per heavy atom. The second-order valence-corrected chi connectivity index (χ2v) is 26.4. The van der Waals surface area contributed by atoms with Gasteiger partial charge in [-0.05, 0) is 190 Å². The summed E-state index contributed by atoms with van der Waals surface area (Å²) in [6, 6.07) is 81.6. The predicted molar refractivity (Wildman–Crippen MR) is 362 cm³/mol. The van der Waals surface area contributed by atoms with Crippen LogP contribution in [0.1, 0.15) is 122 Å². The van der Waals surface area contributed by atoms with Crippen molar-refractivity contribution < 1.29 is 0 Å². The second-order valence-electron chi connectivity index (χ2n) is 26.4. The van der Waals surface area contributed by atoms with Gasteiger partial charge in [-0.2, -0.15) is 30.0 Å². The van der Waals surface area contributed by atoms with Crippen molar-refractivity contribution in [1.82, 2.24) is 4.90 Å². The molecule has 0 saturated carbocycles. The molecule has 0 aliphatic carbocycles. The molecule has 0 radical (unpaired) electrons. The van der Waals surface area contributed by atoms with Crippen molar-refractivity contribution in [3.05, 3.63) is 269 Å². The van der Waals surface area contributed by atoms with Crippen molar-refractivity contribution in [1.29, 1.82) is 0 Å². The van der Waals surface area contributed by atoms with E-state index in [1.165, 1.54) is 22.3 Å². The number of rotatable bonds is 12. The highest BCUT2D eigenvalue weighted by molar-refractivity contribution is 6.34. The van der Waals surface area contributed by atoms with Gasteiger partial charge in [-0.3, -0.25) is 0 Å². The Morgan fingerprint density at radius 1 is 0.221 bits per heavy atom. The van der Waals surface area contributed by atoms with E-state index in [4.69, 9.17) is 30.0 Å². The predicted octanol–water partition coefficient (Wildman–Crippen LogP) is 19.3. The van der Waals surface area contributed by atoms with Gasteiger partial charge >= 0.3 is 0 Å². The number of hydrogen-bond acceptors (Lipinski definition) is 10. The Morgan fingerprint density at radius 3 is 0.605 bits per heavy atom. The molecule has 86 heavy (non-hydrogen) atoms. The van der Waals surface area contributed by atoms with Crippen LogP contribution in [0.2, 0.25) is 0 Å². The Bertz CT molecular complexity index is 3800. The number of guanidine groups is 3. The zero-order valence-electron chi connectivity index (χ0n) is 51.4. The molecule has 0 unspecified atom stereocenters. The first-order chi connectivity index (χ1) is 41.1. The van der Waals surface area contributed by atoms with Crippen LogP contribution < -0.4 is 14.7 Å². The second kappa shape index (κ2) is 22.3. The molecule has 12 rings (SSSR count). The molecule has 10 nitrogen and oxygen atoms in total. The van der Waals surface area contributed by atoms with Crippen LogP contribution in [-0.2, 0) is 21.7 Å². The summed E-state index contributed by atoms with van der Waals surface area (Å²) < 4.78 is 0. The van der Waals surface area contributed by atoms with E-state index < -0.39 is 0 Å². The first-order valence-corrected chi connectivity index (χ1v) is 29.7. The third-order valence-electron chi connectivity index (χ3n) is 16.0. The van der Waals surface area contributed by atoms with E-state index in [2.05, 4.69) is 316 Å². The normalized spacial score (nSPS) is 14.2. The van der Waals surface area contributed by atoms with E-state index in [1.807, 2.05) is 12.1 Å². The molecular formula is C76H74N10. The van der Waals surface area contributed by atoms with Gasteiger partial charge in [0.1, 0.15) is 0 Å². The zero-order chi connectivity index (χ0) is 60.1. The molecule has 0 saturated heterocycles. The lowest BCUT2D eigenvalue weighted by molar-refractivity contribution is 0.590. The first-order valence-electron chi connectivity index (χ1n) is 29.7. The Kier molecular flexibility index (Phi) is 14.7. The highest BCUT2D eigenvalue weighted by atomic mass is 15.5. The van der Waals surface area contributed by atoms with Crippen LogP contribution in [0.3, 0.4) is 0 Å². The van der Waals surface area contributed by atoms with Crippen LogP contribution in [0.25, 0.3) is 0 Å². The van der Waals surface area contributed by atoms with Crippen LogP contribution >= 0.6 is 0 Å². The minimum atomic E-state index is 0.0198. The Balaban J connectivity index is 0.937. The molecule has 428 valence electrons. The number of anilines is 9. The summed E-state index contributed by atoms with van der Waals surface area (Å²) in [4.78, 5) is 39.7. The van der Waals surface area contributed by atoms with Gasteiger partial charge < -0.3 is 14.7 Å². The maximum atomic E-state index is 5.20. The molecule has 0 amide bonds. The monoisotopic (exact) mass is 1130 g/mol. The summed E-state index contributed by atoms with van der Waals surface area (Å²) >= 11 is 0. The summed E-state index contributed by atoms with van der Waals surface area (Å²) in [5, 5.41) is 0. The molecule has 9 aromatic carbocycles. The van der Waals surface area contributed by atoms with Crippen LogP contribution in [0.4, 0.5) is 51.2 Å². The van der Waals surface area contributed by atoms with E-state index in [9.17, 15) is 0 Å². The van der Waals surface area contributed by atoms with Gasteiger partial charge in [-0.15, -0.1) is 0 Å². The highest BCUT2D eigenvalue weighted by Gasteiger charge is 2.36. The number of nitrogens with zero attached hydrogens (tertiary/aromatic N) is 10. The standard InChI is InChI=1S/C76H74N10/c1-73(2,3)54-29-43-63(44-30-54)84(64-45-31-55(32-46-64)74(4,5)6)61-39-25-52(26-40-61)68-79-70-77-67(51-23-37-60(38-24-51)83(58-19-15-13-16-20-58)59-21-17-14-18-22-59)78-71-80-69(82-72(81-68)86(70)71)53-27-41-62(42-28-53)85(65-47-33-56(34-48-65)75(7,8)9)66-49-35-57(36-50-66)76(10,11)12/h13-50H,1-12H3. The fraction of sp³-hybridized carbons (Fsp3) is 0.211. The van der Waals surface area contributed by atoms with Crippen molar-refractivity contribution in [2.24, 2.45) is 30.0 Å². The van der Waals surface area contributed by atoms with E-state index in [0.717, 1.165) is 67.9 Å². The molecule has 0 aromatic heterocycles. The largest absolute Gasteiger partial charge is 0.311 e. The van der Waals surface area contributed by atoms with E-state index in [0.29, 0.717) is 35.4 Å². The Hall–Kier alpha value is -9.80. The minimum Gasteiger partial charge on any atom is -0.311 e. The van der Waals surface area contributed by atoms with Crippen molar-refractivity contribution in [3.63, 3.8) is 0 Å². The number of benzene rings is 9. The number of amidine groups is 3. The number of para-hydroxylation sites is 2. The zero-order valence-corrected chi connectivity index (χ0v) is 51.4. The molecule has 10 heteroatoms. The molecule has 0 spiro atoms. The third kappa shape index (κ3) is 11.7. The third-order valence-corrected chi connectivity index (χ3v) is 16.0. The van der Waals surface area contributed by atoms with Crippen molar-refractivity contribution in [3.8, 4) is 0 Å². The minimum absolute atomic E-state index is 0.0198. The molecular weight excluding hydrogens is 1050 g/mol. The van der Waals surface area contributed by atoms with Crippen LogP contribution in [0.5, 0.6) is 0 Å². The van der Waals surface area contributed by atoms with E-state index in [1.54, 1.807) is 4.90 Å². The maximum Gasteiger partial charge on any atom is 0.243 e. The average molecular weight is 1130 g/mol. The van der Waals surface area contributed by atoms with Gasteiger partial charge in [0.15, 0.2) is 17.5 Å². The quantitative estimate of drug-likeness (QED) is 0.122. The molecule has 9 aromatic rings. The van der Waals surface area contributed by atoms with Crippen molar-refractivity contribution in [2.45, 2.75) is 105 Å². The SMILES string of the molecule is CC(C)(C)c1ccc(N(c2ccc(C3=NC4=NC(c5ccc(N(c6ccccc6)c6ccccc6)cc5)=NC5=NC(c6ccc(N(c7ccc(C(C)(C)C)cc7)c7ccc(C(C)(C)C)cc7)cc6)=NC(=N3)N45)cc2)c2ccc(C(C)(C)C)cc2)cc1. The highest BCUT2D eigenvalue weighted by Crippen LogP contribution is 2.41. The van der Waals surface area contributed by atoms with Gasteiger partial charge in [0.2, 0.25) is 17.9 Å². The first kappa shape index (κ1) is 56.7. The van der Waals surface area contributed by atoms with Gasteiger partial charge in [-0.25, -0.2) is 4.90 Å². The molecule has 0 bridgehead atoms. The van der Waals surface area contributed by atoms with Gasteiger partial charge in [-0.1, -0.05) is 168 Å². The summed E-state index contributed by atoms with van der Waals surface area (Å²) in [5.74, 6) is 2.54. The van der Waals surface area contributed by atoms with Crippen molar-refractivity contribution in [2.75, 3.05) is 14.7 Å². The smallest absolute Gasteiger partial charge is 0.243 e. The summed E-state index contributed by atoms with van der Waals surface area (Å²) in [7, 11) is 0. The van der Waals surface area contributed by atoms with Gasteiger partial charge in [0.25, 0.3) is 0 Å². The van der Waals surface area contributed by atoms with Crippen LogP contribution in [0, 0.1) is 0 Å². The summed E-state index contributed by atoms with van der Waals surface area (Å²) in [5.41, 5.74) is 16.9. The summed E-state index contributed by atoms with van der Waals surface area (Å²) in [6.45, 7) is 27.0. The van der Waals surface area contributed by atoms with Crippen LogP contribution in [0.15, 0.2) is 260 Å². The molecule has 3 heterocycles. The van der Waals surface area contributed by atoms with Crippen molar-refractivity contribution >= 4 is 86.6 Å². The van der Waals surface area contributed by atoms with Gasteiger partial charge in [0.05, 0.1) is 0 Å². The molecule has 3 aliphatic heterocycles. The number of aliphatic imine (C=N–C) groups is 6. The molecule has 0 fully saturated rings. The topological polar surface area (TPSA) is 87.1 Å². The van der Waals surface area contributed by atoms with E-state index >= 15 is 0 Å².